The highest BCUT2D eigenvalue weighted by molar-refractivity contribution is 5.25. The number of phenols is 1. The lowest BCUT2D eigenvalue weighted by Crippen LogP contribution is -2.45. The van der Waals surface area contributed by atoms with Crippen molar-refractivity contribution in [2.75, 3.05) is 27.2 Å². The SMILES string of the molecule is CC(CCc1ccc(O)cc1)N1CCC(N(C)C)CC1. The van der Waals surface area contributed by atoms with Crippen LogP contribution in [0.2, 0.25) is 0 Å². The Hall–Kier alpha value is -1.06. The van der Waals surface area contributed by atoms with Crippen LogP contribution in [0.15, 0.2) is 24.3 Å². The Labute approximate surface area is 123 Å². The molecule has 20 heavy (non-hydrogen) atoms. The van der Waals surface area contributed by atoms with Gasteiger partial charge in [0.15, 0.2) is 0 Å². The van der Waals surface area contributed by atoms with Crippen LogP contribution in [-0.4, -0.2) is 54.2 Å². The van der Waals surface area contributed by atoms with E-state index < -0.39 is 0 Å². The number of hydrogen-bond donors (Lipinski definition) is 1. The van der Waals surface area contributed by atoms with Crippen LogP contribution in [0.3, 0.4) is 0 Å². The van der Waals surface area contributed by atoms with Gasteiger partial charge in [0.05, 0.1) is 0 Å². The van der Waals surface area contributed by atoms with Crippen molar-refractivity contribution in [3.8, 4) is 5.75 Å². The monoisotopic (exact) mass is 276 g/mol. The zero-order valence-electron chi connectivity index (χ0n) is 13.0. The van der Waals surface area contributed by atoms with E-state index in [2.05, 4.69) is 30.8 Å². The topological polar surface area (TPSA) is 26.7 Å². The van der Waals surface area contributed by atoms with Crippen LogP contribution in [0.5, 0.6) is 5.75 Å². The lowest BCUT2D eigenvalue weighted by atomic mass is 9.99. The Bertz CT molecular complexity index is 394. The first kappa shape index (κ1) is 15.3. The molecular weight excluding hydrogens is 248 g/mol. The van der Waals surface area contributed by atoms with E-state index in [1.165, 1.54) is 37.9 Å². The quantitative estimate of drug-likeness (QED) is 0.896. The average Bonchev–Trinajstić information content (AvgIpc) is 2.46. The summed E-state index contributed by atoms with van der Waals surface area (Å²) in [6, 6.07) is 9.02. The zero-order chi connectivity index (χ0) is 14.5. The van der Waals surface area contributed by atoms with E-state index in [4.69, 9.17) is 0 Å². The third kappa shape index (κ3) is 4.22. The second kappa shape index (κ2) is 7.09. The Balaban J connectivity index is 1.75. The van der Waals surface area contributed by atoms with Crippen molar-refractivity contribution in [1.29, 1.82) is 0 Å². The number of benzene rings is 1. The third-order valence-electron chi connectivity index (χ3n) is 4.64. The van der Waals surface area contributed by atoms with E-state index in [1.807, 2.05) is 12.1 Å². The molecule has 2 rings (SSSR count). The van der Waals surface area contributed by atoms with Gasteiger partial charge in [-0.05, 0) is 77.5 Å². The Kier molecular flexibility index (Phi) is 5.44. The molecule has 1 fully saturated rings. The zero-order valence-corrected chi connectivity index (χ0v) is 13.0. The largest absolute Gasteiger partial charge is 0.508 e. The van der Waals surface area contributed by atoms with Crippen molar-refractivity contribution in [3.63, 3.8) is 0 Å². The molecule has 0 spiro atoms. The van der Waals surface area contributed by atoms with Crippen LogP contribution < -0.4 is 0 Å². The summed E-state index contributed by atoms with van der Waals surface area (Å²) in [6.07, 6.45) is 4.86. The number of aromatic hydroxyl groups is 1. The van der Waals surface area contributed by atoms with Crippen molar-refractivity contribution in [1.82, 2.24) is 9.80 Å². The number of hydrogen-bond acceptors (Lipinski definition) is 3. The van der Waals surface area contributed by atoms with Gasteiger partial charge in [-0.2, -0.15) is 0 Å². The summed E-state index contributed by atoms with van der Waals surface area (Å²) in [6.45, 7) is 4.79. The van der Waals surface area contributed by atoms with Crippen molar-refractivity contribution in [3.05, 3.63) is 29.8 Å². The van der Waals surface area contributed by atoms with Crippen molar-refractivity contribution < 1.29 is 5.11 Å². The molecule has 1 aliphatic heterocycles. The molecule has 112 valence electrons. The molecular formula is C17H28N2O. The van der Waals surface area contributed by atoms with Crippen molar-refractivity contribution in [2.45, 2.75) is 44.7 Å². The summed E-state index contributed by atoms with van der Waals surface area (Å²) in [5.74, 6) is 0.354. The van der Waals surface area contributed by atoms with Gasteiger partial charge in [-0.15, -0.1) is 0 Å². The summed E-state index contributed by atoms with van der Waals surface area (Å²) >= 11 is 0. The molecule has 0 saturated carbocycles. The average molecular weight is 276 g/mol. The summed E-state index contributed by atoms with van der Waals surface area (Å²) < 4.78 is 0. The lowest BCUT2D eigenvalue weighted by Gasteiger charge is -2.38. The second-order valence-electron chi connectivity index (χ2n) is 6.28. The molecule has 1 unspecified atom stereocenters. The fraction of sp³-hybridized carbons (Fsp3) is 0.647. The predicted octanol–water partition coefficient (Wildman–Crippen LogP) is 2.74. The minimum atomic E-state index is 0.354. The number of nitrogens with zero attached hydrogens (tertiary/aromatic N) is 2. The first-order chi connectivity index (χ1) is 9.56. The maximum Gasteiger partial charge on any atom is 0.115 e. The van der Waals surface area contributed by atoms with Crippen molar-refractivity contribution >= 4 is 0 Å². The van der Waals surface area contributed by atoms with Gasteiger partial charge in [0.1, 0.15) is 5.75 Å². The maximum absolute atomic E-state index is 9.30. The Morgan fingerprint density at radius 1 is 1.20 bits per heavy atom. The van der Waals surface area contributed by atoms with E-state index >= 15 is 0 Å². The van der Waals surface area contributed by atoms with Crippen LogP contribution in [0.1, 0.15) is 31.7 Å². The number of rotatable bonds is 5. The van der Waals surface area contributed by atoms with Gasteiger partial charge in [-0.1, -0.05) is 12.1 Å². The van der Waals surface area contributed by atoms with Crippen LogP contribution in [-0.2, 0) is 6.42 Å². The minimum Gasteiger partial charge on any atom is -0.508 e. The molecule has 0 aliphatic carbocycles. The second-order valence-corrected chi connectivity index (χ2v) is 6.28. The predicted molar refractivity (Wildman–Crippen MR) is 84.2 cm³/mol. The third-order valence-corrected chi connectivity index (χ3v) is 4.64. The van der Waals surface area contributed by atoms with E-state index in [-0.39, 0.29) is 0 Å². The molecule has 1 N–H and O–H groups in total. The Morgan fingerprint density at radius 3 is 2.35 bits per heavy atom. The smallest absolute Gasteiger partial charge is 0.115 e. The van der Waals surface area contributed by atoms with Gasteiger partial charge in [0, 0.05) is 12.1 Å². The molecule has 0 aromatic heterocycles. The molecule has 1 heterocycles. The van der Waals surface area contributed by atoms with E-state index in [9.17, 15) is 5.11 Å². The minimum absolute atomic E-state index is 0.354. The number of piperidine rings is 1. The molecule has 3 nitrogen and oxygen atoms in total. The fourth-order valence-corrected chi connectivity index (χ4v) is 3.06. The highest BCUT2D eigenvalue weighted by Crippen LogP contribution is 2.19. The van der Waals surface area contributed by atoms with Crippen molar-refractivity contribution in [2.24, 2.45) is 0 Å². The lowest BCUT2D eigenvalue weighted by molar-refractivity contribution is 0.111. The highest BCUT2D eigenvalue weighted by atomic mass is 16.3. The van der Waals surface area contributed by atoms with Gasteiger partial charge >= 0.3 is 0 Å². The van der Waals surface area contributed by atoms with Gasteiger partial charge in [-0.3, -0.25) is 0 Å². The van der Waals surface area contributed by atoms with Crippen LogP contribution in [0.25, 0.3) is 0 Å². The molecule has 0 radical (unpaired) electrons. The molecule has 1 aliphatic rings. The molecule has 1 saturated heterocycles. The van der Waals surface area contributed by atoms with E-state index in [0.717, 1.165) is 12.5 Å². The van der Waals surface area contributed by atoms with Gasteiger partial charge in [0.2, 0.25) is 0 Å². The highest BCUT2D eigenvalue weighted by Gasteiger charge is 2.23. The number of likely N-dealkylation sites (tertiary alicyclic amines) is 1. The van der Waals surface area contributed by atoms with Gasteiger partial charge < -0.3 is 14.9 Å². The molecule has 0 amide bonds. The molecule has 1 aromatic rings. The van der Waals surface area contributed by atoms with Gasteiger partial charge in [0.25, 0.3) is 0 Å². The Morgan fingerprint density at radius 2 is 1.80 bits per heavy atom. The molecule has 3 heteroatoms. The summed E-state index contributed by atoms with van der Waals surface area (Å²) in [7, 11) is 4.38. The standard InChI is InChI=1S/C17H28N2O/c1-14(4-5-15-6-8-17(20)9-7-15)19-12-10-16(11-13-19)18(2)3/h6-9,14,16,20H,4-5,10-13H2,1-3H3. The molecule has 1 aromatic carbocycles. The first-order valence-electron chi connectivity index (χ1n) is 7.74. The summed E-state index contributed by atoms with van der Waals surface area (Å²) in [5.41, 5.74) is 1.32. The number of aryl methyl sites for hydroxylation is 1. The maximum atomic E-state index is 9.30. The number of phenolic OH excluding ortho intramolecular Hbond substituents is 1. The van der Waals surface area contributed by atoms with E-state index in [1.54, 1.807) is 12.1 Å². The normalized spacial score (nSPS) is 19.4. The first-order valence-corrected chi connectivity index (χ1v) is 7.74. The van der Waals surface area contributed by atoms with Gasteiger partial charge in [-0.25, -0.2) is 0 Å². The summed E-state index contributed by atoms with van der Waals surface area (Å²) in [5, 5.41) is 9.30. The van der Waals surface area contributed by atoms with Crippen LogP contribution in [0, 0.1) is 0 Å². The van der Waals surface area contributed by atoms with E-state index in [0.29, 0.717) is 11.8 Å². The fourth-order valence-electron chi connectivity index (χ4n) is 3.06. The van der Waals surface area contributed by atoms with Crippen LogP contribution >= 0.6 is 0 Å². The molecule has 0 bridgehead atoms. The summed E-state index contributed by atoms with van der Waals surface area (Å²) in [4.78, 5) is 4.98. The molecule has 1 atom stereocenters. The van der Waals surface area contributed by atoms with Crippen LogP contribution in [0.4, 0.5) is 0 Å².